The topological polar surface area (TPSA) is 21.3 Å². The highest BCUT2D eigenvalue weighted by Gasteiger charge is 2.34. The first-order chi connectivity index (χ1) is 7.92. The standard InChI is InChI=1S/C15H31NO/c1-12(2)6-8-17-9-7-14-10-13(3)16-11-15(14,4)5/h12-14,16H,6-11H2,1-5H3/t13-,14?/m1/s1. The van der Waals surface area contributed by atoms with Crippen LogP contribution in [0.15, 0.2) is 0 Å². The lowest BCUT2D eigenvalue weighted by Gasteiger charge is -2.42. The van der Waals surface area contributed by atoms with E-state index >= 15 is 0 Å². The summed E-state index contributed by atoms with van der Waals surface area (Å²) in [5, 5.41) is 3.58. The van der Waals surface area contributed by atoms with Crippen molar-refractivity contribution in [1.82, 2.24) is 5.32 Å². The first-order valence-electron chi connectivity index (χ1n) is 7.23. The second-order valence-corrected chi connectivity index (χ2v) is 6.79. The van der Waals surface area contributed by atoms with E-state index in [0.29, 0.717) is 11.5 Å². The van der Waals surface area contributed by atoms with Crippen molar-refractivity contribution in [3.8, 4) is 0 Å². The smallest absolute Gasteiger partial charge is 0.0468 e. The van der Waals surface area contributed by atoms with Crippen molar-refractivity contribution in [1.29, 1.82) is 0 Å². The molecule has 1 saturated heterocycles. The monoisotopic (exact) mass is 241 g/mol. The molecule has 0 aromatic heterocycles. The zero-order valence-electron chi connectivity index (χ0n) is 12.4. The Morgan fingerprint density at radius 2 is 2.00 bits per heavy atom. The van der Waals surface area contributed by atoms with E-state index in [1.807, 2.05) is 0 Å². The van der Waals surface area contributed by atoms with Crippen LogP contribution < -0.4 is 5.32 Å². The normalized spacial score (nSPS) is 28.6. The molecule has 0 bridgehead atoms. The Morgan fingerprint density at radius 1 is 1.29 bits per heavy atom. The summed E-state index contributed by atoms with van der Waals surface area (Å²) in [5.74, 6) is 1.56. The maximum absolute atomic E-state index is 5.76. The molecule has 0 radical (unpaired) electrons. The maximum Gasteiger partial charge on any atom is 0.0468 e. The summed E-state index contributed by atoms with van der Waals surface area (Å²) < 4.78 is 5.76. The molecule has 1 fully saturated rings. The largest absolute Gasteiger partial charge is 0.381 e. The molecular formula is C15H31NO. The lowest BCUT2D eigenvalue weighted by molar-refractivity contribution is 0.0626. The highest BCUT2D eigenvalue weighted by Crippen LogP contribution is 2.35. The van der Waals surface area contributed by atoms with Crippen molar-refractivity contribution in [2.75, 3.05) is 19.8 Å². The van der Waals surface area contributed by atoms with Crippen LogP contribution in [-0.4, -0.2) is 25.8 Å². The van der Waals surface area contributed by atoms with Crippen molar-refractivity contribution in [2.45, 2.75) is 59.9 Å². The SMILES string of the molecule is CC(C)CCOCCC1C[C@@H](C)NCC1(C)C. The van der Waals surface area contributed by atoms with Gasteiger partial charge >= 0.3 is 0 Å². The quantitative estimate of drug-likeness (QED) is 0.719. The average molecular weight is 241 g/mol. The van der Waals surface area contributed by atoms with Crippen molar-refractivity contribution >= 4 is 0 Å². The van der Waals surface area contributed by atoms with Crippen molar-refractivity contribution in [3.63, 3.8) is 0 Å². The molecule has 2 heteroatoms. The van der Waals surface area contributed by atoms with E-state index in [0.717, 1.165) is 31.6 Å². The molecule has 2 nitrogen and oxygen atoms in total. The van der Waals surface area contributed by atoms with Gasteiger partial charge in [-0.1, -0.05) is 27.7 Å². The number of hydrogen-bond donors (Lipinski definition) is 1. The van der Waals surface area contributed by atoms with Gasteiger partial charge < -0.3 is 10.1 Å². The molecule has 1 aliphatic heterocycles. The Morgan fingerprint density at radius 3 is 2.65 bits per heavy atom. The van der Waals surface area contributed by atoms with Gasteiger partial charge in [-0.25, -0.2) is 0 Å². The van der Waals surface area contributed by atoms with Gasteiger partial charge in [-0.05, 0) is 43.4 Å². The minimum absolute atomic E-state index is 0.425. The summed E-state index contributed by atoms with van der Waals surface area (Å²) in [6, 6.07) is 0.670. The van der Waals surface area contributed by atoms with Gasteiger partial charge in [0.1, 0.15) is 0 Å². The lowest BCUT2D eigenvalue weighted by Crippen LogP contribution is -2.47. The summed E-state index contributed by atoms with van der Waals surface area (Å²) in [7, 11) is 0. The van der Waals surface area contributed by atoms with E-state index in [4.69, 9.17) is 4.74 Å². The lowest BCUT2D eigenvalue weighted by atomic mass is 9.71. The summed E-state index contributed by atoms with van der Waals surface area (Å²) in [6.07, 6.45) is 3.70. The molecule has 1 heterocycles. The fraction of sp³-hybridized carbons (Fsp3) is 1.00. The molecule has 0 aromatic carbocycles. The van der Waals surface area contributed by atoms with E-state index in [1.54, 1.807) is 0 Å². The van der Waals surface area contributed by atoms with Crippen molar-refractivity contribution in [3.05, 3.63) is 0 Å². The Hall–Kier alpha value is -0.0800. The van der Waals surface area contributed by atoms with Crippen LogP contribution in [0.1, 0.15) is 53.9 Å². The zero-order chi connectivity index (χ0) is 12.9. The highest BCUT2D eigenvalue weighted by molar-refractivity contribution is 4.88. The fourth-order valence-electron chi connectivity index (χ4n) is 2.57. The minimum Gasteiger partial charge on any atom is -0.381 e. The van der Waals surface area contributed by atoms with Gasteiger partial charge in [-0.15, -0.1) is 0 Å². The molecule has 102 valence electrons. The van der Waals surface area contributed by atoms with Gasteiger partial charge in [0.15, 0.2) is 0 Å². The Kier molecular flexibility index (Phi) is 5.94. The van der Waals surface area contributed by atoms with E-state index < -0.39 is 0 Å². The van der Waals surface area contributed by atoms with Gasteiger partial charge in [-0.3, -0.25) is 0 Å². The molecule has 1 unspecified atom stereocenters. The van der Waals surface area contributed by atoms with Crippen LogP contribution >= 0.6 is 0 Å². The molecule has 0 aliphatic carbocycles. The molecule has 0 aromatic rings. The van der Waals surface area contributed by atoms with Crippen LogP contribution in [0.4, 0.5) is 0 Å². The van der Waals surface area contributed by atoms with E-state index in [1.165, 1.54) is 19.3 Å². The molecule has 17 heavy (non-hydrogen) atoms. The summed E-state index contributed by atoms with van der Waals surface area (Å²) in [5.41, 5.74) is 0.425. The van der Waals surface area contributed by atoms with Crippen LogP contribution in [0.5, 0.6) is 0 Å². The molecular weight excluding hydrogens is 210 g/mol. The molecule has 0 spiro atoms. The Bertz CT molecular complexity index is 213. The number of nitrogens with one attached hydrogen (secondary N) is 1. The third-order valence-electron chi connectivity index (χ3n) is 4.10. The maximum atomic E-state index is 5.76. The van der Waals surface area contributed by atoms with Gasteiger partial charge in [-0.2, -0.15) is 0 Å². The highest BCUT2D eigenvalue weighted by atomic mass is 16.5. The number of ether oxygens (including phenoxy) is 1. The molecule has 2 atom stereocenters. The van der Waals surface area contributed by atoms with Crippen LogP contribution in [-0.2, 0) is 4.74 Å². The predicted octanol–water partition coefficient (Wildman–Crippen LogP) is 3.46. The van der Waals surface area contributed by atoms with Crippen LogP contribution in [0.25, 0.3) is 0 Å². The van der Waals surface area contributed by atoms with E-state index in [2.05, 4.69) is 39.9 Å². The van der Waals surface area contributed by atoms with Gasteiger partial charge in [0, 0.05) is 25.8 Å². The second-order valence-electron chi connectivity index (χ2n) is 6.79. The van der Waals surface area contributed by atoms with Crippen LogP contribution in [0.3, 0.4) is 0 Å². The predicted molar refractivity (Wildman–Crippen MR) is 74.2 cm³/mol. The van der Waals surface area contributed by atoms with Crippen LogP contribution in [0, 0.1) is 17.3 Å². The number of rotatable bonds is 6. The third kappa shape index (κ3) is 5.39. The second kappa shape index (κ2) is 6.75. The van der Waals surface area contributed by atoms with Crippen molar-refractivity contribution in [2.24, 2.45) is 17.3 Å². The molecule has 1 N–H and O–H groups in total. The summed E-state index contributed by atoms with van der Waals surface area (Å²) >= 11 is 0. The average Bonchev–Trinajstić information content (AvgIpc) is 2.22. The molecule has 0 amide bonds. The van der Waals surface area contributed by atoms with Gasteiger partial charge in [0.25, 0.3) is 0 Å². The van der Waals surface area contributed by atoms with Gasteiger partial charge in [0.2, 0.25) is 0 Å². The van der Waals surface area contributed by atoms with E-state index in [-0.39, 0.29) is 0 Å². The molecule has 0 saturated carbocycles. The third-order valence-corrected chi connectivity index (χ3v) is 4.10. The number of hydrogen-bond acceptors (Lipinski definition) is 2. The Balaban J connectivity index is 2.20. The zero-order valence-corrected chi connectivity index (χ0v) is 12.4. The molecule has 1 aliphatic rings. The summed E-state index contributed by atoms with van der Waals surface area (Å²) in [4.78, 5) is 0. The van der Waals surface area contributed by atoms with Crippen LogP contribution in [0.2, 0.25) is 0 Å². The minimum atomic E-state index is 0.425. The first kappa shape index (κ1) is 15.0. The summed E-state index contributed by atoms with van der Waals surface area (Å²) in [6.45, 7) is 14.6. The number of piperidine rings is 1. The van der Waals surface area contributed by atoms with Gasteiger partial charge in [0.05, 0.1) is 0 Å². The first-order valence-corrected chi connectivity index (χ1v) is 7.23. The Labute approximate surface area is 108 Å². The van der Waals surface area contributed by atoms with Crippen molar-refractivity contribution < 1.29 is 4.74 Å². The van der Waals surface area contributed by atoms with E-state index in [9.17, 15) is 0 Å². The molecule has 1 rings (SSSR count). The fourth-order valence-corrected chi connectivity index (χ4v) is 2.57.